The fourth-order valence-electron chi connectivity index (χ4n) is 2.23. The monoisotopic (exact) mass is 282 g/mol. The Morgan fingerprint density at radius 2 is 2.19 bits per heavy atom. The number of aryl methyl sites for hydroxylation is 1. The largest absolute Gasteiger partial charge is 0.381 e. The van der Waals surface area contributed by atoms with Gasteiger partial charge in [0.15, 0.2) is 0 Å². The van der Waals surface area contributed by atoms with Crippen LogP contribution in [0.3, 0.4) is 0 Å². The summed E-state index contributed by atoms with van der Waals surface area (Å²) in [4.78, 5) is 0. The number of nitrogens with one attached hydrogen (secondary N) is 2. The van der Waals surface area contributed by atoms with Gasteiger partial charge in [0.1, 0.15) is 0 Å². The molecule has 0 amide bonds. The van der Waals surface area contributed by atoms with Gasteiger partial charge in [-0.1, -0.05) is 15.9 Å². The summed E-state index contributed by atoms with van der Waals surface area (Å²) >= 11 is 3.52. The minimum Gasteiger partial charge on any atom is -0.381 e. The molecule has 0 bridgehead atoms. The molecule has 2 nitrogen and oxygen atoms in total. The number of hydrogen-bond donors (Lipinski definition) is 2. The van der Waals surface area contributed by atoms with Crippen molar-refractivity contribution in [2.75, 3.05) is 11.9 Å². The van der Waals surface area contributed by atoms with Crippen molar-refractivity contribution in [3.05, 3.63) is 28.2 Å². The topological polar surface area (TPSA) is 24.1 Å². The number of benzene rings is 1. The Kier molecular flexibility index (Phi) is 3.27. The molecular formula is C13H19BrN2. The van der Waals surface area contributed by atoms with Crippen molar-refractivity contribution in [2.24, 2.45) is 0 Å². The normalized spacial score (nSPS) is 23.4. The minimum atomic E-state index is 0.266. The summed E-state index contributed by atoms with van der Waals surface area (Å²) < 4.78 is 1.17. The second-order valence-electron chi connectivity index (χ2n) is 5.27. The number of anilines is 1. The molecule has 0 radical (unpaired) electrons. The highest BCUT2D eigenvalue weighted by Crippen LogP contribution is 2.24. The standard InChI is InChI=1S/C13H19BrN2/c1-9-6-10(4-5-12(9)14)16-11-7-13(2,3)15-8-11/h4-6,11,15-16H,7-8H2,1-3H3. The van der Waals surface area contributed by atoms with Gasteiger partial charge in [-0.25, -0.2) is 0 Å². The van der Waals surface area contributed by atoms with Crippen molar-refractivity contribution in [1.82, 2.24) is 5.32 Å². The summed E-state index contributed by atoms with van der Waals surface area (Å²) in [6.07, 6.45) is 1.17. The van der Waals surface area contributed by atoms with E-state index in [4.69, 9.17) is 0 Å². The first-order chi connectivity index (χ1) is 7.46. The average molecular weight is 283 g/mol. The Bertz CT molecular complexity index is 388. The van der Waals surface area contributed by atoms with Crippen molar-refractivity contribution < 1.29 is 0 Å². The molecule has 1 aromatic carbocycles. The maximum Gasteiger partial charge on any atom is 0.0403 e. The predicted molar refractivity (Wildman–Crippen MR) is 73.0 cm³/mol. The molecule has 0 aliphatic carbocycles. The average Bonchev–Trinajstić information content (AvgIpc) is 2.52. The molecule has 2 rings (SSSR count). The summed E-state index contributed by atoms with van der Waals surface area (Å²) in [5, 5.41) is 7.10. The molecule has 1 heterocycles. The molecule has 0 saturated carbocycles. The summed E-state index contributed by atoms with van der Waals surface area (Å²) in [5.74, 6) is 0. The predicted octanol–water partition coefficient (Wildman–Crippen LogP) is 3.31. The van der Waals surface area contributed by atoms with Crippen LogP contribution in [0.15, 0.2) is 22.7 Å². The maximum absolute atomic E-state index is 3.58. The van der Waals surface area contributed by atoms with E-state index in [1.165, 1.54) is 22.1 Å². The van der Waals surface area contributed by atoms with Gasteiger partial charge in [0.2, 0.25) is 0 Å². The third kappa shape index (κ3) is 2.77. The number of halogens is 1. The molecular weight excluding hydrogens is 264 g/mol. The van der Waals surface area contributed by atoms with Crippen LogP contribution < -0.4 is 10.6 Å². The fourth-order valence-corrected chi connectivity index (χ4v) is 2.48. The van der Waals surface area contributed by atoms with Gasteiger partial charge >= 0.3 is 0 Å². The quantitative estimate of drug-likeness (QED) is 0.870. The lowest BCUT2D eigenvalue weighted by Crippen LogP contribution is -2.31. The molecule has 16 heavy (non-hydrogen) atoms. The SMILES string of the molecule is Cc1cc(NC2CNC(C)(C)C2)ccc1Br. The molecule has 2 N–H and O–H groups in total. The zero-order valence-electron chi connectivity index (χ0n) is 10.1. The van der Waals surface area contributed by atoms with E-state index in [1.54, 1.807) is 0 Å². The third-order valence-electron chi connectivity index (χ3n) is 3.11. The first-order valence-corrected chi connectivity index (χ1v) is 6.53. The van der Waals surface area contributed by atoms with Crippen LogP contribution in [-0.2, 0) is 0 Å². The number of rotatable bonds is 2. The highest BCUT2D eigenvalue weighted by atomic mass is 79.9. The van der Waals surface area contributed by atoms with E-state index in [2.05, 4.69) is 65.5 Å². The smallest absolute Gasteiger partial charge is 0.0403 e. The van der Waals surface area contributed by atoms with Crippen LogP contribution in [0.2, 0.25) is 0 Å². The fraction of sp³-hybridized carbons (Fsp3) is 0.538. The van der Waals surface area contributed by atoms with Crippen molar-refractivity contribution in [3.63, 3.8) is 0 Å². The van der Waals surface area contributed by atoms with Crippen LogP contribution in [-0.4, -0.2) is 18.1 Å². The Labute approximate surface area is 106 Å². The van der Waals surface area contributed by atoms with Gasteiger partial charge in [0, 0.05) is 28.3 Å². The summed E-state index contributed by atoms with van der Waals surface area (Å²) in [5.41, 5.74) is 2.75. The van der Waals surface area contributed by atoms with Gasteiger partial charge in [-0.05, 0) is 51.0 Å². The van der Waals surface area contributed by atoms with Crippen LogP contribution in [0.5, 0.6) is 0 Å². The lowest BCUT2D eigenvalue weighted by Gasteiger charge is -2.18. The summed E-state index contributed by atoms with van der Waals surface area (Å²) in [6.45, 7) is 7.66. The third-order valence-corrected chi connectivity index (χ3v) is 4.00. The van der Waals surface area contributed by atoms with Crippen LogP contribution in [0.4, 0.5) is 5.69 Å². The Morgan fingerprint density at radius 3 is 2.75 bits per heavy atom. The minimum absolute atomic E-state index is 0.266. The van der Waals surface area contributed by atoms with Crippen molar-refractivity contribution in [3.8, 4) is 0 Å². The summed E-state index contributed by atoms with van der Waals surface area (Å²) in [6, 6.07) is 6.96. The van der Waals surface area contributed by atoms with E-state index in [0.29, 0.717) is 6.04 Å². The second kappa shape index (κ2) is 4.38. The van der Waals surface area contributed by atoms with E-state index >= 15 is 0 Å². The van der Waals surface area contributed by atoms with E-state index in [1.807, 2.05) is 0 Å². The van der Waals surface area contributed by atoms with E-state index in [-0.39, 0.29) is 5.54 Å². The highest BCUT2D eigenvalue weighted by molar-refractivity contribution is 9.10. The molecule has 0 spiro atoms. The summed E-state index contributed by atoms with van der Waals surface area (Å²) in [7, 11) is 0. The molecule has 1 aromatic rings. The molecule has 1 aliphatic rings. The Morgan fingerprint density at radius 1 is 1.44 bits per heavy atom. The van der Waals surface area contributed by atoms with E-state index in [9.17, 15) is 0 Å². The molecule has 3 heteroatoms. The van der Waals surface area contributed by atoms with E-state index < -0.39 is 0 Å². The molecule has 1 unspecified atom stereocenters. The molecule has 0 aromatic heterocycles. The molecule has 88 valence electrons. The molecule has 1 aliphatic heterocycles. The van der Waals surface area contributed by atoms with E-state index in [0.717, 1.165) is 6.54 Å². The first-order valence-electron chi connectivity index (χ1n) is 5.74. The lowest BCUT2D eigenvalue weighted by atomic mass is 10.0. The van der Waals surface area contributed by atoms with Crippen LogP contribution in [0.25, 0.3) is 0 Å². The lowest BCUT2D eigenvalue weighted by molar-refractivity contribution is 0.457. The second-order valence-corrected chi connectivity index (χ2v) is 6.13. The maximum atomic E-state index is 3.58. The van der Waals surface area contributed by atoms with Gasteiger partial charge in [-0.2, -0.15) is 0 Å². The molecule has 1 atom stereocenters. The van der Waals surface area contributed by atoms with Gasteiger partial charge in [0.05, 0.1) is 0 Å². The molecule has 1 fully saturated rings. The zero-order valence-corrected chi connectivity index (χ0v) is 11.7. The van der Waals surface area contributed by atoms with Gasteiger partial charge in [-0.3, -0.25) is 0 Å². The van der Waals surface area contributed by atoms with Gasteiger partial charge in [-0.15, -0.1) is 0 Å². The Hall–Kier alpha value is -0.540. The van der Waals surface area contributed by atoms with Crippen LogP contribution in [0, 0.1) is 6.92 Å². The van der Waals surface area contributed by atoms with Crippen molar-refractivity contribution in [1.29, 1.82) is 0 Å². The van der Waals surface area contributed by atoms with Crippen molar-refractivity contribution in [2.45, 2.75) is 38.8 Å². The van der Waals surface area contributed by atoms with Gasteiger partial charge < -0.3 is 10.6 Å². The van der Waals surface area contributed by atoms with Crippen LogP contribution >= 0.6 is 15.9 Å². The van der Waals surface area contributed by atoms with Gasteiger partial charge in [0.25, 0.3) is 0 Å². The Balaban J connectivity index is 2.02. The first kappa shape index (κ1) is 11.9. The highest BCUT2D eigenvalue weighted by Gasteiger charge is 2.29. The number of hydrogen-bond acceptors (Lipinski definition) is 2. The van der Waals surface area contributed by atoms with Crippen molar-refractivity contribution >= 4 is 21.6 Å². The zero-order chi connectivity index (χ0) is 11.8. The van der Waals surface area contributed by atoms with Crippen LogP contribution in [0.1, 0.15) is 25.8 Å². The molecule has 1 saturated heterocycles.